The molecule has 0 saturated heterocycles. The van der Waals surface area contributed by atoms with E-state index < -0.39 is 15.1 Å². The molecule has 2 aromatic heterocycles. The molecule has 4 rings (SSSR count). The normalized spacial score (nSPS) is 12.4. The molecule has 0 aliphatic carbocycles. The van der Waals surface area contributed by atoms with Crippen molar-refractivity contribution in [2.75, 3.05) is 11.6 Å². The number of aromatic nitrogens is 2. The first-order valence-corrected chi connectivity index (χ1v) is 12.2. The van der Waals surface area contributed by atoms with Crippen LogP contribution in [-0.2, 0) is 16.3 Å². The lowest BCUT2D eigenvalue weighted by Crippen LogP contribution is -2.18. The SMILES string of the molecule is CC(Cc1cc(-c2cccc(C(=O)Nc3ccccn3)c2)c2ncccc2c1)S(C)(=O)=O. The van der Waals surface area contributed by atoms with E-state index in [0.717, 1.165) is 27.6 Å². The Morgan fingerprint density at radius 1 is 0.969 bits per heavy atom. The fourth-order valence-electron chi connectivity index (χ4n) is 3.53. The van der Waals surface area contributed by atoms with Gasteiger partial charge in [-0.2, -0.15) is 0 Å². The fraction of sp³-hybridized carbons (Fsp3) is 0.160. The Balaban J connectivity index is 1.74. The van der Waals surface area contributed by atoms with Gasteiger partial charge >= 0.3 is 0 Å². The average Bonchev–Trinajstić information content (AvgIpc) is 2.78. The van der Waals surface area contributed by atoms with Gasteiger partial charge in [0.1, 0.15) is 15.7 Å². The van der Waals surface area contributed by atoms with Crippen molar-refractivity contribution >= 4 is 32.5 Å². The second kappa shape index (κ2) is 8.88. The predicted octanol–water partition coefficient (Wildman–Crippen LogP) is 4.52. The zero-order valence-corrected chi connectivity index (χ0v) is 18.6. The minimum atomic E-state index is -3.15. The second-order valence-corrected chi connectivity index (χ2v) is 10.3. The van der Waals surface area contributed by atoms with Gasteiger partial charge in [0.05, 0.1) is 10.8 Å². The predicted molar refractivity (Wildman–Crippen MR) is 127 cm³/mol. The number of amides is 1. The van der Waals surface area contributed by atoms with E-state index in [0.29, 0.717) is 17.8 Å². The van der Waals surface area contributed by atoms with Crippen LogP contribution in [-0.4, -0.2) is 35.8 Å². The van der Waals surface area contributed by atoms with E-state index in [2.05, 4.69) is 15.3 Å². The zero-order valence-electron chi connectivity index (χ0n) is 17.8. The summed E-state index contributed by atoms with van der Waals surface area (Å²) in [6, 6.07) is 20.4. The van der Waals surface area contributed by atoms with Gasteiger partial charge in [0.25, 0.3) is 5.91 Å². The fourth-order valence-corrected chi connectivity index (χ4v) is 4.02. The molecule has 0 aliphatic rings. The van der Waals surface area contributed by atoms with Gasteiger partial charge in [-0.1, -0.05) is 24.3 Å². The molecule has 0 bridgehead atoms. The topological polar surface area (TPSA) is 89.0 Å². The number of sulfone groups is 1. The maximum atomic E-state index is 12.8. The molecule has 2 heterocycles. The lowest BCUT2D eigenvalue weighted by molar-refractivity contribution is 0.102. The quantitative estimate of drug-likeness (QED) is 0.471. The summed E-state index contributed by atoms with van der Waals surface area (Å²) in [5.41, 5.74) is 3.88. The number of nitrogens with one attached hydrogen (secondary N) is 1. The summed E-state index contributed by atoms with van der Waals surface area (Å²) < 4.78 is 23.9. The van der Waals surface area contributed by atoms with Crippen LogP contribution < -0.4 is 5.32 Å². The van der Waals surface area contributed by atoms with Crippen molar-refractivity contribution in [1.29, 1.82) is 0 Å². The highest BCUT2D eigenvalue weighted by molar-refractivity contribution is 7.91. The number of carbonyl (C=O) groups excluding carboxylic acids is 1. The average molecular weight is 446 g/mol. The largest absolute Gasteiger partial charge is 0.307 e. The number of benzene rings is 2. The molecule has 0 aliphatic heterocycles. The third-order valence-electron chi connectivity index (χ3n) is 5.36. The Bertz CT molecular complexity index is 1390. The van der Waals surface area contributed by atoms with Gasteiger partial charge in [-0.15, -0.1) is 0 Å². The summed E-state index contributed by atoms with van der Waals surface area (Å²) in [6.07, 6.45) is 5.00. The van der Waals surface area contributed by atoms with E-state index in [1.165, 1.54) is 6.26 Å². The van der Waals surface area contributed by atoms with E-state index in [1.807, 2.05) is 42.5 Å². The Morgan fingerprint density at radius 2 is 1.78 bits per heavy atom. The Morgan fingerprint density at radius 3 is 2.53 bits per heavy atom. The van der Waals surface area contributed by atoms with Crippen molar-refractivity contribution in [3.63, 3.8) is 0 Å². The zero-order chi connectivity index (χ0) is 22.7. The molecule has 162 valence electrons. The first-order chi connectivity index (χ1) is 15.3. The van der Waals surface area contributed by atoms with E-state index in [9.17, 15) is 13.2 Å². The summed E-state index contributed by atoms with van der Waals surface area (Å²) in [5, 5.41) is 3.22. The molecule has 0 fully saturated rings. The molecule has 1 amide bonds. The van der Waals surface area contributed by atoms with Crippen molar-refractivity contribution in [2.45, 2.75) is 18.6 Å². The van der Waals surface area contributed by atoms with Gasteiger partial charge in [-0.25, -0.2) is 13.4 Å². The van der Waals surface area contributed by atoms with Crippen LogP contribution in [0, 0.1) is 0 Å². The minimum absolute atomic E-state index is 0.260. The van der Waals surface area contributed by atoms with Gasteiger partial charge < -0.3 is 5.32 Å². The number of hydrogen-bond acceptors (Lipinski definition) is 5. The Labute approximate surface area is 187 Å². The third kappa shape index (κ3) is 4.84. The molecule has 6 nitrogen and oxygen atoms in total. The molecule has 0 saturated carbocycles. The molecule has 1 atom stereocenters. The van der Waals surface area contributed by atoms with Gasteiger partial charge in [-0.05, 0) is 66.9 Å². The second-order valence-electron chi connectivity index (χ2n) is 7.81. The van der Waals surface area contributed by atoms with E-state index in [-0.39, 0.29) is 5.91 Å². The summed E-state index contributed by atoms with van der Waals surface area (Å²) >= 11 is 0. The summed E-state index contributed by atoms with van der Waals surface area (Å²) in [6.45, 7) is 1.71. The van der Waals surface area contributed by atoms with Crippen LogP contribution in [0.5, 0.6) is 0 Å². The number of carbonyl (C=O) groups is 1. The van der Waals surface area contributed by atoms with Crippen LogP contribution in [0.15, 0.2) is 79.1 Å². The summed E-state index contributed by atoms with van der Waals surface area (Å²) in [5.74, 6) is 0.219. The first-order valence-electron chi connectivity index (χ1n) is 10.2. The molecule has 4 aromatic rings. The smallest absolute Gasteiger partial charge is 0.256 e. The molecule has 2 aromatic carbocycles. The maximum absolute atomic E-state index is 12.8. The van der Waals surface area contributed by atoms with Crippen LogP contribution >= 0.6 is 0 Å². The van der Waals surface area contributed by atoms with Gasteiger partial charge in [-0.3, -0.25) is 9.78 Å². The highest BCUT2D eigenvalue weighted by Gasteiger charge is 2.17. The van der Waals surface area contributed by atoms with Gasteiger partial charge in [0.2, 0.25) is 0 Å². The van der Waals surface area contributed by atoms with Crippen molar-refractivity contribution in [3.05, 3.63) is 90.3 Å². The molecule has 1 N–H and O–H groups in total. The molecule has 32 heavy (non-hydrogen) atoms. The highest BCUT2D eigenvalue weighted by atomic mass is 32.2. The van der Waals surface area contributed by atoms with Crippen LogP contribution in [0.3, 0.4) is 0 Å². The van der Waals surface area contributed by atoms with Crippen LogP contribution in [0.2, 0.25) is 0 Å². The Kier molecular flexibility index (Phi) is 6.01. The van der Waals surface area contributed by atoms with E-state index >= 15 is 0 Å². The molecule has 0 radical (unpaired) electrons. The maximum Gasteiger partial charge on any atom is 0.256 e. The summed E-state index contributed by atoms with van der Waals surface area (Å²) in [4.78, 5) is 21.4. The van der Waals surface area contributed by atoms with E-state index in [1.54, 1.807) is 43.6 Å². The van der Waals surface area contributed by atoms with Gasteiger partial charge in [0.15, 0.2) is 0 Å². The molecular weight excluding hydrogens is 422 g/mol. The number of hydrogen-bond donors (Lipinski definition) is 1. The first kappa shape index (κ1) is 21.6. The molecule has 7 heteroatoms. The van der Waals surface area contributed by atoms with Crippen molar-refractivity contribution < 1.29 is 13.2 Å². The van der Waals surface area contributed by atoms with Gasteiger partial charge in [0, 0.05) is 35.2 Å². The van der Waals surface area contributed by atoms with Crippen molar-refractivity contribution in [3.8, 4) is 11.1 Å². The van der Waals surface area contributed by atoms with Crippen LogP contribution in [0.25, 0.3) is 22.0 Å². The molecular formula is C25H23N3O3S. The third-order valence-corrected chi connectivity index (χ3v) is 6.99. The van der Waals surface area contributed by atoms with E-state index in [4.69, 9.17) is 0 Å². The number of fused-ring (bicyclic) bond motifs is 1. The summed E-state index contributed by atoms with van der Waals surface area (Å²) in [7, 11) is -3.15. The van der Waals surface area contributed by atoms with Crippen LogP contribution in [0.1, 0.15) is 22.8 Å². The lowest BCUT2D eigenvalue weighted by atomic mass is 9.96. The lowest BCUT2D eigenvalue weighted by Gasteiger charge is -2.14. The van der Waals surface area contributed by atoms with Crippen LogP contribution in [0.4, 0.5) is 5.82 Å². The number of nitrogens with zero attached hydrogens (tertiary/aromatic N) is 2. The number of anilines is 1. The number of pyridine rings is 2. The standard InChI is InChI=1S/C25H23N3O3S/c1-17(32(2,30)31)13-18-14-20-9-6-12-27-24(20)22(15-18)19-7-5-8-21(16-19)25(29)28-23-10-3-4-11-26-23/h3-12,14-17H,13H2,1-2H3,(H,26,28,29). The minimum Gasteiger partial charge on any atom is -0.307 e. The number of rotatable bonds is 6. The Hall–Kier alpha value is -3.58. The van der Waals surface area contributed by atoms with Crippen molar-refractivity contribution in [2.24, 2.45) is 0 Å². The monoisotopic (exact) mass is 445 g/mol. The molecule has 0 spiro atoms. The highest BCUT2D eigenvalue weighted by Crippen LogP contribution is 2.30. The van der Waals surface area contributed by atoms with Crippen molar-refractivity contribution in [1.82, 2.24) is 9.97 Å². The molecule has 1 unspecified atom stereocenters.